The molecule has 0 bridgehead atoms. The second-order valence-corrected chi connectivity index (χ2v) is 10.5. The summed E-state index contributed by atoms with van der Waals surface area (Å²) in [5.41, 5.74) is 13.3. The van der Waals surface area contributed by atoms with Crippen molar-refractivity contribution in [1.29, 1.82) is 0 Å². The van der Waals surface area contributed by atoms with Gasteiger partial charge in [0.25, 0.3) is 0 Å². The zero-order chi connectivity index (χ0) is 29.9. The summed E-state index contributed by atoms with van der Waals surface area (Å²) in [7, 11) is 1.80. The maximum absolute atomic E-state index is 12.5. The maximum atomic E-state index is 12.5. The molecule has 214 valence electrons. The summed E-state index contributed by atoms with van der Waals surface area (Å²) in [6.07, 6.45) is 6.56. The number of rotatable bonds is 5. The molecule has 2 N–H and O–H groups in total. The minimum absolute atomic E-state index is 0.0487. The molecule has 1 aliphatic heterocycles. The summed E-state index contributed by atoms with van der Waals surface area (Å²) < 4.78 is 0. The smallest absolute Gasteiger partial charge is 0.226 e. The summed E-state index contributed by atoms with van der Waals surface area (Å²) in [6, 6.07) is 19.0. The van der Waals surface area contributed by atoms with Gasteiger partial charge in [0.15, 0.2) is 0 Å². The lowest BCUT2D eigenvalue weighted by Crippen LogP contribution is -2.31. The average Bonchev–Trinajstić information content (AvgIpc) is 3.03. The molecular formula is C35H48N4O. The van der Waals surface area contributed by atoms with Gasteiger partial charge in [-0.15, -0.1) is 0 Å². The van der Waals surface area contributed by atoms with Gasteiger partial charge in [-0.1, -0.05) is 117 Å². The predicted molar refractivity (Wildman–Crippen MR) is 177 cm³/mol. The molecule has 0 fully saturated rings. The number of aliphatic imine (C=N–C) groups is 1. The first kappa shape index (κ1) is 32.4. The van der Waals surface area contributed by atoms with Gasteiger partial charge in [-0.3, -0.25) is 9.79 Å². The number of hydrogen-bond acceptors (Lipinski definition) is 4. The highest BCUT2D eigenvalue weighted by Crippen LogP contribution is 2.32. The minimum atomic E-state index is -0.0778. The van der Waals surface area contributed by atoms with Crippen LogP contribution in [-0.4, -0.2) is 30.7 Å². The number of hydrogen-bond donors (Lipinski definition) is 2. The molecule has 4 rings (SSSR count). The second-order valence-electron chi connectivity index (χ2n) is 10.5. The Kier molecular flexibility index (Phi) is 12.2. The van der Waals surface area contributed by atoms with Gasteiger partial charge in [0.2, 0.25) is 5.91 Å². The van der Waals surface area contributed by atoms with Gasteiger partial charge in [0, 0.05) is 24.6 Å². The molecule has 1 aliphatic rings. The molecule has 1 amide bonds. The zero-order valence-corrected chi connectivity index (χ0v) is 25.9. The normalized spacial score (nSPS) is 17.4. The van der Waals surface area contributed by atoms with E-state index in [1.54, 1.807) is 11.9 Å². The number of nitrogens with zero attached hydrogens (tertiary/aromatic N) is 2. The summed E-state index contributed by atoms with van der Waals surface area (Å²) in [5.74, 6) is 0.0422. The van der Waals surface area contributed by atoms with E-state index in [1.807, 2.05) is 53.0 Å². The molecule has 1 atom stereocenters. The van der Waals surface area contributed by atoms with Crippen molar-refractivity contribution in [3.8, 4) is 0 Å². The molecule has 0 saturated heterocycles. The van der Waals surface area contributed by atoms with Crippen LogP contribution in [0.25, 0.3) is 22.4 Å². The Morgan fingerprint density at radius 2 is 1.60 bits per heavy atom. The van der Waals surface area contributed by atoms with Crippen molar-refractivity contribution in [2.75, 3.05) is 24.6 Å². The third-order valence-corrected chi connectivity index (χ3v) is 6.72. The first-order valence-electron chi connectivity index (χ1n) is 14.4. The fraction of sp³-hybridized carbons (Fsp3) is 0.371. The molecule has 3 aromatic carbocycles. The van der Waals surface area contributed by atoms with Crippen LogP contribution in [0.3, 0.4) is 0 Å². The first-order valence-corrected chi connectivity index (χ1v) is 14.4. The highest BCUT2D eigenvalue weighted by Gasteiger charge is 2.19. The Labute approximate surface area is 242 Å². The fourth-order valence-corrected chi connectivity index (χ4v) is 4.45. The third kappa shape index (κ3) is 7.84. The number of hydrazine groups is 1. The Hall–Kier alpha value is -3.86. The zero-order valence-electron chi connectivity index (χ0n) is 25.9. The maximum Gasteiger partial charge on any atom is 0.226 e. The van der Waals surface area contributed by atoms with Gasteiger partial charge in [-0.25, -0.2) is 0 Å². The van der Waals surface area contributed by atoms with Gasteiger partial charge >= 0.3 is 0 Å². The van der Waals surface area contributed by atoms with Crippen molar-refractivity contribution in [2.24, 2.45) is 10.9 Å². The van der Waals surface area contributed by atoms with Crippen molar-refractivity contribution in [3.63, 3.8) is 0 Å². The lowest BCUT2D eigenvalue weighted by atomic mass is 9.86. The molecule has 5 heteroatoms. The largest absolute Gasteiger partial charge is 0.326 e. The SMILES string of the molecule is C=Cc1ccc(C(C)(C)C)cc1NNc1ccc(C2=C/CC(C)C(=O)N(C)C/N=C\2)c2ccccc12.CC.CC. The van der Waals surface area contributed by atoms with Crippen molar-refractivity contribution < 1.29 is 4.79 Å². The lowest BCUT2D eigenvalue weighted by molar-refractivity contribution is -0.133. The molecule has 3 aromatic rings. The van der Waals surface area contributed by atoms with Gasteiger partial charge < -0.3 is 15.8 Å². The van der Waals surface area contributed by atoms with Crippen LogP contribution >= 0.6 is 0 Å². The third-order valence-electron chi connectivity index (χ3n) is 6.72. The average molecular weight is 541 g/mol. The van der Waals surface area contributed by atoms with E-state index in [0.29, 0.717) is 13.1 Å². The summed E-state index contributed by atoms with van der Waals surface area (Å²) in [6.45, 7) is 20.9. The molecule has 0 radical (unpaired) electrons. The Morgan fingerprint density at radius 3 is 2.25 bits per heavy atom. The van der Waals surface area contributed by atoms with Crippen LogP contribution in [0.2, 0.25) is 0 Å². The second kappa shape index (κ2) is 15.1. The molecule has 1 unspecified atom stereocenters. The number of allylic oxidation sites excluding steroid dienone is 2. The molecule has 0 aromatic heterocycles. The lowest BCUT2D eigenvalue weighted by Gasteiger charge is -2.22. The van der Waals surface area contributed by atoms with Crippen LogP contribution in [0.4, 0.5) is 11.4 Å². The highest BCUT2D eigenvalue weighted by molar-refractivity contribution is 6.16. The minimum Gasteiger partial charge on any atom is -0.326 e. The number of amides is 1. The van der Waals surface area contributed by atoms with Gasteiger partial charge in [-0.2, -0.15) is 0 Å². The van der Waals surface area contributed by atoms with E-state index >= 15 is 0 Å². The van der Waals surface area contributed by atoms with Crippen LogP contribution in [0.1, 0.15) is 78.5 Å². The van der Waals surface area contributed by atoms with Crippen LogP contribution in [0.5, 0.6) is 0 Å². The number of carbonyl (C=O) groups is 1. The molecule has 40 heavy (non-hydrogen) atoms. The van der Waals surface area contributed by atoms with Crippen LogP contribution in [-0.2, 0) is 10.2 Å². The summed E-state index contributed by atoms with van der Waals surface area (Å²) in [5, 5.41) is 2.23. The molecule has 5 nitrogen and oxygen atoms in total. The Morgan fingerprint density at radius 1 is 0.950 bits per heavy atom. The number of anilines is 2. The van der Waals surface area contributed by atoms with Gasteiger partial charge in [-0.05, 0) is 51.6 Å². The molecule has 0 spiro atoms. The quantitative estimate of drug-likeness (QED) is 0.317. The van der Waals surface area contributed by atoms with Crippen molar-refractivity contribution in [2.45, 2.75) is 67.2 Å². The summed E-state index contributed by atoms with van der Waals surface area (Å²) >= 11 is 0. The van der Waals surface area contributed by atoms with E-state index in [1.165, 1.54) is 5.56 Å². The van der Waals surface area contributed by atoms with Crippen LogP contribution in [0.15, 0.2) is 72.2 Å². The van der Waals surface area contributed by atoms with Crippen molar-refractivity contribution >= 4 is 45.9 Å². The molecule has 0 aliphatic carbocycles. The summed E-state index contributed by atoms with van der Waals surface area (Å²) in [4.78, 5) is 18.7. The van der Waals surface area contributed by atoms with Crippen LogP contribution < -0.4 is 10.9 Å². The first-order chi connectivity index (χ1) is 19.2. The monoisotopic (exact) mass is 540 g/mol. The fourth-order valence-electron chi connectivity index (χ4n) is 4.45. The standard InChI is InChI=1S/C31H36N4O.2C2H6/c1-7-22-14-15-24(31(3,4)5)18-29(22)34-33-28-17-16-25(26-10-8-9-11-27(26)28)23-13-12-21(2)30(36)35(6)20-32-19-23;2*1-2/h7-11,13-19,21,33-34H,1,12,20H2,2-6H3;2*1-2H3/b23-13+,32-19-;;. The van der Waals surface area contributed by atoms with Gasteiger partial charge in [0.05, 0.1) is 11.4 Å². The van der Waals surface area contributed by atoms with E-state index in [-0.39, 0.29) is 17.2 Å². The topological polar surface area (TPSA) is 56.7 Å². The van der Waals surface area contributed by atoms with E-state index in [2.05, 4.69) is 97.8 Å². The Bertz CT molecular complexity index is 1350. The number of carbonyl (C=O) groups excluding carboxylic acids is 1. The molecule has 1 heterocycles. The van der Waals surface area contributed by atoms with E-state index in [9.17, 15) is 4.79 Å². The number of fused-ring (bicyclic) bond motifs is 1. The number of benzene rings is 3. The van der Waals surface area contributed by atoms with E-state index in [0.717, 1.165) is 38.8 Å². The Balaban J connectivity index is 0.00000134. The van der Waals surface area contributed by atoms with Crippen molar-refractivity contribution in [3.05, 3.63) is 83.9 Å². The predicted octanol–water partition coefficient (Wildman–Crippen LogP) is 9.18. The number of nitrogens with one attached hydrogen (secondary N) is 2. The molecular weight excluding hydrogens is 492 g/mol. The molecule has 0 saturated carbocycles. The highest BCUT2D eigenvalue weighted by atomic mass is 16.2. The van der Waals surface area contributed by atoms with E-state index < -0.39 is 0 Å². The van der Waals surface area contributed by atoms with Gasteiger partial charge in [0.1, 0.15) is 6.67 Å². The van der Waals surface area contributed by atoms with E-state index in [4.69, 9.17) is 0 Å². The van der Waals surface area contributed by atoms with Crippen molar-refractivity contribution in [1.82, 2.24) is 4.90 Å². The van der Waals surface area contributed by atoms with Crippen LogP contribution in [0, 0.1) is 5.92 Å².